The van der Waals surface area contributed by atoms with Crippen LogP contribution in [0.4, 0.5) is 5.69 Å². The van der Waals surface area contributed by atoms with Crippen molar-refractivity contribution in [2.75, 3.05) is 30.8 Å². The highest BCUT2D eigenvalue weighted by atomic mass is 32.2. The summed E-state index contributed by atoms with van der Waals surface area (Å²) >= 11 is 0. The Bertz CT molecular complexity index is 1040. The number of fused-ring (bicyclic) bond motifs is 1. The molecule has 162 valence electrons. The van der Waals surface area contributed by atoms with Crippen LogP contribution in [0.1, 0.15) is 35.3 Å². The van der Waals surface area contributed by atoms with E-state index in [0.29, 0.717) is 42.1 Å². The maximum absolute atomic E-state index is 12.6. The van der Waals surface area contributed by atoms with Crippen LogP contribution >= 0.6 is 0 Å². The molecule has 1 aliphatic rings. The molecular formula is C22H28N2O5S. The molecule has 7 nitrogen and oxygen atoms in total. The molecule has 0 radical (unpaired) electrons. The minimum absolute atomic E-state index is 0.0508. The molecule has 0 bridgehead atoms. The zero-order chi connectivity index (χ0) is 21.9. The second kappa shape index (κ2) is 8.95. The molecule has 0 aliphatic carbocycles. The van der Waals surface area contributed by atoms with Crippen LogP contribution in [0.15, 0.2) is 36.4 Å². The number of amides is 1. The Balaban J connectivity index is 1.66. The number of anilines is 1. The Morgan fingerprint density at radius 3 is 2.53 bits per heavy atom. The van der Waals surface area contributed by atoms with Gasteiger partial charge in [-0.05, 0) is 68.1 Å². The molecule has 30 heavy (non-hydrogen) atoms. The molecule has 1 heterocycles. The van der Waals surface area contributed by atoms with Crippen molar-refractivity contribution < 1.29 is 22.7 Å². The van der Waals surface area contributed by atoms with E-state index >= 15 is 0 Å². The summed E-state index contributed by atoms with van der Waals surface area (Å²) in [4.78, 5) is 12.6. The topological polar surface area (TPSA) is 84.9 Å². The zero-order valence-electron chi connectivity index (χ0n) is 17.8. The van der Waals surface area contributed by atoms with Gasteiger partial charge in [0.1, 0.15) is 0 Å². The maximum Gasteiger partial charge on any atom is 0.251 e. The fourth-order valence-electron chi connectivity index (χ4n) is 3.77. The van der Waals surface area contributed by atoms with Crippen LogP contribution in [0, 0.1) is 0 Å². The number of carbonyl (C=O) groups excluding carboxylic acids is 1. The van der Waals surface area contributed by atoms with E-state index in [1.165, 1.54) is 4.31 Å². The van der Waals surface area contributed by atoms with Gasteiger partial charge in [0.2, 0.25) is 10.0 Å². The number of hydrogen-bond acceptors (Lipinski definition) is 5. The van der Waals surface area contributed by atoms with E-state index in [1.807, 2.05) is 25.1 Å². The summed E-state index contributed by atoms with van der Waals surface area (Å²) in [6.45, 7) is 3.99. The van der Waals surface area contributed by atoms with E-state index in [1.54, 1.807) is 39.3 Å². The number of carbonyl (C=O) groups is 1. The summed E-state index contributed by atoms with van der Waals surface area (Å²) in [6, 6.07) is 10.7. The van der Waals surface area contributed by atoms with Crippen molar-refractivity contribution in [1.82, 2.24) is 5.32 Å². The smallest absolute Gasteiger partial charge is 0.251 e. The van der Waals surface area contributed by atoms with Crippen LogP contribution < -0.4 is 19.1 Å². The fraction of sp³-hybridized carbons (Fsp3) is 0.409. The second-order valence-electron chi connectivity index (χ2n) is 7.29. The first-order valence-electron chi connectivity index (χ1n) is 9.94. The fourth-order valence-corrected chi connectivity index (χ4v) is 5.14. The first kappa shape index (κ1) is 22.0. The number of benzene rings is 2. The Morgan fingerprint density at radius 1 is 1.13 bits per heavy atom. The van der Waals surface area contributed by atoms with Gasteiger partial charge in [0, 0.05) is 18.2 Å². The van der Waals surface area contributed by atoms with Crippen molar-refractivity contribution in [2.24, 2.45) is 0 Å². The molecular weight excluding hydrogens is 404 g/mol. The highest BCUT2D eigenvalue weighted by Crippen LogP contribution is 2.35. The first-order chi connectivity index (χ1) is 14.3. The number of sulfonamides is 1. The lowest BCUT2D eigenvalue weighted by atomic mass is 10.1. The van der Waals surface area contributed by atoms with Gasteiger partial charge in [0.05, 0.1) is 25.7 Å². The van der Waals surface area contributed by atoms with Gasteiger partial charge in [0.15, 0.2) is 11.5 Å². The summed E-state index contributed by atoms with van der Waals surface area (Å²) in [5.74, 6) is 1.19. The van der Waals surface area contributed by atoms with Gasteiger partial charge in [-0.15, -0.1) is 0 Å². The molecule has 0 fully saturated rings. The Kier molecular flexibility index (Phi) is 6.55. The van der Waals surface area contributed by atoms with Crippen LogP contribution in [-0.4, -0.2) is 46.9 Å². The number of rotatable bonds is 8. The van der Waals surface area contributed by atoms with Crippen LogP contribution in [0.25, 0.3) is 0 Å². The number of ether oxygens (including phenoxy) is 2. The Labute approximate surface area is 178 Å². The highest BCUT2D eigenvalue weighted by Gasteiger charge is 2.34. The number of nitrogens with zero attached hydrogens (tertiary/aromatic N) is 1. The normalized spacial score (nSPS) is 15.6. The molecule has 8 heteroatoms. The van der Waals surface area contributed by atoms with Crippen LogP contribution in [-0.2, 0) is 22.9 Å². The van der Waals surface area contributed by atoms with Crippen molar-refractivity contribution in [3.05, 3.63) is 53.1 Å². The second-order valence-corrected chi connectivity index (χ2v) is 9.42. The van der Waals surface area contributed by atoms with Gasteiger partial charge in [-0.1, -0.05) is 6.07 Å². The third kappa shape index (κ3) is 4.38. The van der Waals surface area contributed by atoms with Crippen molar-refractivity contribution in [3.8, 4) is 11.5 Å². The molecule has 0 spiro atoms. The summed E-state index contributed by atoms with van der Waals surface area (Å²) in [5, 5.41) is 2.93. The van der Waals surface area contributed by atoms with Crippen LogP contribution in [0.3, 0.4) is 0 Å². The largest absolute Gasteiger partial charge is 0.493 e. The highest BCUT2D eigenvalue weighted by molar-refractivity contribution is 7.92. The molecule has 0 saturated heterocycles. The van der Waals surface area contributed by atoms with Gasteiger partial charge in [-0.3, -0.25) is 9.10 Å². The lowest BCUT2D eigenvalue weighted by molar-refractivity contribution is 0.0954. The van der Waals surface area contributed by atoms with Gasteiger partial charge in [-0.25, -0.2) is 8.42 Å². The van der Waals surface area contributed by atoms with Gasteiger partial charge in [-0.2, -0.15) is 0 Å². The van der Waals surface area contributed by atoms with Crippen molar-refractivity contribution >= 4 is 21.6 Å². The maximum atomic E-state index is 12.6. The van der Waals surface area contributed by atoms with Gasteiger partial charge < -0.3 is 14.8 Å². The average Bonchev–Trinajstić information content (AvgIpc) is 3.09. The van der Waals surface area contributed by atoms with E-state index in [2.05, 4.69) is 5.32 Å². The minimum Gasteiger partial charge on any atom is -0.493 e. The monoisotopic (exact) mass is 432 g/mol. The van der Waals surface area contributed by atoms with Gasteiger partial charge >= 0.3 is 0 Å². The first-order valence-corrected chi connectivity index (χ1v) is 11.6. The number of methoxy groups -OCH3 is 2. The Hall–Kier alpha value is -2.74. The van der Waals surface area contributed by atoms with Crippen LogP contribution in [0.2, 0.25) is 0 Å². The van der Waals surface area contributed by atoms with E-state index in [0.717, 1.165) is 11.1 Å². The lowest BCUT2D eigenvalue weighted by Gasteiger charge is -2.23. The molecule has 0 aromatic heterocycles. The molecule has 1 aliphatic heterocycles. The lowest BCUT2D eigenvalue weighted by Crippen LogP contribution is -2.36. The predicted octanol–water partition coefficient (Wildman–Crippen LogP) is 2.78. The standard InChI is InChI=1S/C22H28N2O5S/c1-5-30(26,27)24-15(2)12-18-14-17(7-8-19(18)24)22(25)23-11-10-16-6-9-20(28-3)21(13-16)29-4/h6-9,13-15H,5,10-12H2,1-4H3,(H,23,25)/t15-/m1/s1. The predicted molar refractivity (Wildman–Crippen MR) is 117 cm³/mol. The molecule has 2 aromatic carbocycles. The quantitative estimate of drug-likeness (QED) is 0.693. The molecule has 0 saturated carbocycles. The summed E-state index contributed by atoms with van der Waals surface area (Å²) < 4.78 is 36.8. The SMILES string of the molecule is CCS(=O)(=O)N1c2ccc(C(=O)NCCc3ccc(OC)c(OC)c3)cc2C[C@H]1C. The molecule has 1 atom stereocenters. The zero-order valence-corrected chi connectivity index (χ0v) is 18.6. The minimum atomic E-state index is -3.34. The summed E-state index contributed by atoms with van der Waals surface area (Å²) in [6.07, 6.45) is 1.25. The van der Waals surface area contributed by atoms with E-state index in [-0.39, 0.29) is 17.7 Å². The molecule has 3 rings (SSSR count). The van der Waals surface area contributed by atoms with Crippen molar-refractivity contribution in [2.45, 2.75) is 32.7 Å². The van der Waals surface area contributed by atoms with E-state index in [4.69, 9.17) is 9.47 Å². The third-order valence-corrected chi connectivity index (χ3v) is 7.19. The van der Waals surface area contributed by atoms with Crippen molar-refractivity contribution in [1.29, 1.82) is 0 Å². The number of hydrogen-bond donors (Lipinski definition) is 1. The average molecular weight is 433 g/mol. The Morgan fingerprint density at radius 2 is 1.87 bits per heavy atom. The summed E-state index contributed by atoms with van der Waals surface area (Å²) in [5.41, 5.74) is 3.11. The molecule has 2 aromatic rings. The third-order valence-electron chi connectivity index (χ3n) is 5.31. The van der Waals surface area contributed by atoms with Crippen molar-refractivity contribution in [3.63, 3.8) is 0 Å². The molecule has 0 unspecified atom stereocenters. The van der Waals surface area contributed by atoms with Gasteiger partial charge in [0.25, 0.3) is 5.91 Å². The summed E-state index contributed by atoms with van der Waals surface area (Å²) in [7, 11) is -0.158. The van der Waals surface area contributed by atoms with E-state index < -0.39 is 10.0 Å². The number of nitrogens with one attached hydrogen (secondary N) is 1. The molecule has 1 N–H and O–H groups in total. The molecule has 1 amide bonds. The van der Waals surface area contributed by atoms with E-state index in [9.17, 15) is 13.2 Å². The van der Waals surface area contributed by atoms with Crippen LogP contribution in [0.5, 0.6) is 11.5 Å².